The number of carbonyl (C=O) groups is 1. The van der Waals surface area contributed by atoms with Crippen LogP contribution in [0.1, 0.15) is 10.4 Å². The second-order valence-corrected chi connectivity index (χ2v) is 3.82. The molecule has 0 saturated heterocycles. The van der Waals surface area contributed by atoms with Gasteiger partial charge in [0.1, 0.15) is 0 Å². The Kier molecular flexibility index (Phi) is 5.32. The Morgan fingerprint density at radius 2 is 2.10 bits per heavy atom. The molecule has 0 unspecified atom stereocenters. The van der Waals surface area contributed by atoms with E-state index in [0.717, 1.165) is 23.1 Å². The van der Waals surface area contributed by atoms with Crippen LogP contribution in [0.15, 0.2) is 18.2 Å². The number of nitro benzene ring substituents is 1. The van der Waals surface area contributed by atoms with Gasteiger partial charge in [-0.05, 0) is 6.07 Å². The number of alkyl halides is 2. The maximum atomic E-state index is 12.5. The zero-order valence-electron chi connectivity index (χ0n) is 10.2. The van der Waals surface area contributed by atoms with Crippen LogP contribution in [0, 0.1) is 10.1 Å². The minimum atomic E-state index is -2.74. The molecule has 0 aliphatic carbocycles. The Labute approximate surface area is 112 Å². The third-order valence-electron chi connectivity index (χ3n) is 2.49. The summed E-state index contributed by atoms with van der Waals surface area (Å²) in [6, 6.07) is 2.91. The van der Waals surface area contributed by atoms with Crippen LogP contribution in [0.3, 0.4) is 0 Å². The maximum absolute atomic E-state index is 12.5. The summed E-state index contributed by atoms with van der Waals surface area (Å²) in [6.07, 6.45) is -2.74. The van der Waals surface area contributed by atoms with Gasteiger partial charge in [-0.15, -0.1) is 0 Å². The number of rotatable bonds is 7. The quantitative estimate of drug-likeness (QED) is 0.580. The van der Waals surface area contributed by atoms with E-state index < -0.39 is 41.7 Å². The summed E-state index contributed by atoms with van der Waals surface area (Å²) >= 11 is 0. The van der Waals surface area contributed by atoms with Gasteiger partial charge in [-0.2, -0.15) is 0 Å². The number of aliphatic hydroxyl groups is 1. The first-order valence-corrected chi connectivity index (χ1v) is 5.52. The third-order valence-corrected chi connectivity index (χ3v) is 2.49. The number of benzene rings is 1. The highest BCUT2D eigenvalue weighted by Gasteiger charge is 2.21. The Bertz CT molecular complexity index is 510. The zero-order chi connectivity index (χ0) is 15.3. The number of carboxylic acid groups (broad SMARTS) is 1. The molecule has 0 atom stereocenters. The number of nitrogens with zero attached hydrogens (tertiary/aromatic N) is 2. The highest BCUT2D eigenvalue weighted by atomic mass is 19.3. The normalized spacial score (nSPS) is 10.6. The van der Waals surface area contributed by atoms with Gasteiger partial charge in [0.05, 0.1) is 29.3 Å². The van der Waals surface area contributed by atoms with Gasteiger partial charge >= 0.3 is 5.97 Å². The van der Waals surface area contributed by atoms with Crippen molar-refractivity contribution in [2.45, 2.75) is 6.43 Å². The Balaban J connectivity index is 3.25. The molecule has 7 nitrogen and oxygen atoms in total. The van der Waals surface area contributed by atoms with Crippen molar-refractivity contribution < 1.29 is 28.7 Å². The number of hydrogen-bond donors (Lipinski definition) is 2. The summed E-state index contributed by atoms with van der Waals surface area (Å²) in [4.78, 5) is 21.9. The first kappa shape index (κ1) is 15.8. The van der Waals surface area contributed by atoms with Crippen molar-refractivity contribution >= 4 is 17.3 Å². The van der Waals surface area contributed by atoms with Gasteiger partial charge in [-0.3, -0.25) is 10.1 Å². The smallest absolute Gasteiger partial charge is 0.338 e. The monoisotopic (exact) mass is 290 g/mol. The molecule has 0 aromatic heterocycles. The molecule has 0 spiro atoms. The van der Waals surface area contributed by atoms with E-state index >= 15 is 0 Å². The highest BCUT2D eigenvalue weighted by Crippen LogP contribution is 2.26. The van der Waals surface area contributed by atoms with E-state index in [2.05, 4.69) is 0 Å². The number of hydrogen-bond acceptors (Lipinski definition) is 5. The maximum Gasteiger partial charge on any atom is 0.338 e. The third kappa shape index (κ3) is 3.85. The van der Waals surface area contributed by atoms with Crippen molar-refractivity contribution in [1.82, 2.24) is 0 Å². The fourth-order valence-electron chi connectivity index (χ4n) is 1.68. The van der Waals surface area contributed by atoms with E-state index in [4.69, 9.17) is 10.2 Å². The second kappa shape index (κ2) is 6.75. The lowest BCUT2D eigenvalue weighted by Crippen LogP contribution is -2.32. The summed E-state index contributed by atoms with van der Waals surface area (Å²) in [7, 11) is 0. The van der Waals surface area contributed by atoms with Crippen molar-refractivity contribution in [1.29, 1.82) is 0 Å². The molecule has 2 N–H and O–H groups in total. The molecule has 0 bridgehead atoms. The first-order valence-electron chi connectivity index (χ1n) is 5.52. The van der Waals surface area contributed by atoms with Gasteiger partial charge in [0, 0.05) is 18.7 Å². The van der Waals surface area contributed by atoms with Crippen LogP contribution in [0.5, 0.6) is 0 Å². The van der Waals surface area contributed by atoms with Crippen molar-refractivity contribution in [2.24, 2.45) is 0 Å². The van der Waals surface area contributed by atoms with Crippen molar-refractivity contribution in [2.75, 3.05) is 24.6 Å². The second-order valence-electron chi connectivity index (χ2n) is 3.82. The summed E-state index contributed by atoms with van der Waals surface area (Å²) in [5.74, 6) is -1.47. The Morgan fingerprint density at radius 1 is 1.45 bits per heavy atom. The van der Waals surface area contributed by atoms with Crippen LogP contribution in [0.2, 0.25) is 0 Å². The van der Waals surface area contributed by atoms with Gasteiger partial charge < -0.3 is 15.1 Å². The molecule has 1 rings (SSSR count). The van der Waals surface area contributed by atoms with Crippen molar-refractivity contribution in [3.63, 3.8) is 0 Å². The molecule has 20 heavy (non-hydrogen) atoms. The average molecular weight is 290 g/mol. The van der Waals surface area contributed by atoms with Crippen molar-refractivity contribution in [3.05, 3.63) is 33.9 Å². The van der Waals surface area contributed by atoms with Gasteiger partial charge in [0.15, 0.2) is 0 Å². The van der Waals surface area contributed by atoms with Gasteiger partial charge in [-0.1, -0.05) is 0 Å². The molecule has 1 aromatic rings. The predicted octanol–water partition coefficient (Wildman–Crippen LogP) is 1.36. The number of aliphatic hydroxyl groups excluding tert-OH is 1. The first-order chi connectivity index (χ1) is 9.36. The molecule has 0 saturated carbocycles. The fourth-order valence-corrected chi connectivity index (χ4v) is 1.68. The molecule has 0 aliphatic heterocycles. The molecule has 1 aromatic carbocycles. The average Bonchev–Trinajstić information content (AvgIpc) is 2.36. The van der Waals surface area contributed by atoms with Crippen LogP contribution in [0.4, 0.5) is 20.2 Å². The number of aromatic carboxylic acids is 1. The van der Waals surface area contributed by atoms with E-state index in [1.807, 2.05) is 0 Å². The molecule has 110 valence electrons. The molecule has 0 heterocycles. The number of anilines is 1. The van der Waals surface area contributed by atoms with Crippen LogP contribution < -0.4 is 4.90 Å². The Hall–Kier alpha value is -2.29. The van der Waals surface area contributed by atoms with Crippen LogP contribution in [-0.2, 0) is 0 Å². The fraction of sp³-hybridized carbons (Fsp3) is 0.364. The van der Waals surface area contributed by atoms with E-state index in [-0.39, 0.29) is 12.2 Å². The van der Waals surface area contributed by atoms with Gasteiger partial charge in [0.25, 0.3) is 12.1 Å². The topological polar surface area (TPSA) is 104 Å². The number of halogens is 2. The Morgan fingerprint density at radius 3 is 2.55 bits per heavy atom. The summed E-state index contributed by atoms with van der Waals surface area (Å²) < 4.78 is 24.9. The minimum absolute atomic E-state index is 0.0996. The van der Waals surface area contributed by atoms with E-state index in [9.17, 15) is 23.7 Å². The van der Waals surface area contributed by atoms with Crippen LogP contribution >= 0.6 is 0 Å². The van der Waals surface area contributed by atoms with Crippen LogP contribution in [-0.4, -0.2) is 47.2 Å². The zero-order valence-corrected chi connectivity index (χ0v) is 10.2. The molecular weight excluding hydrogens is 278 g/mol. The molecule has 9 heteroatoms. The summed E-state index contributed by atoms with van der Waals surface area (Å²) in [5, 5.41) is 28.5. The summed E-state index contributed by atoms with van der Waals surface area (Å²) in [6.45, 7) is -1.44. The SMILES string of the molecule is O=C(O)c1cc([N+](=O)[O-])ccc1N(CCO)CC(F)F. The lowest BCUT2D eigenvalue weighted by Gasteiger charge is -2.24. The number of non-ortho nitro benzene ring substituents is 1. The van der Waals surface area contributed by atoms with Crippen LogP contribution in [0.25, 0.3) is 0 Å². The van der Waals surface area contributed by atoms with Crippen molar-refractivity contribution in [3.8, 4) is 0 Å². The lowest BCUT2D eigenvalue weighted by molar-refractivity contribution is -0.384. The van der Waals surface area contributed by atoms with E-state index in [0.29, 0.717) is 0 Å². The highest BCUT2D eigenvalue weighted by molar-refractivity contribution is 5.95. The minimum Gasteiger partial charge on any atom is -0.478 e. The number of carboxylic acids is 1. The molecular formula is C11H12F2N2O5. The lowest BCUT2D eigenvalue weighted by atomic mass is 10.1. The largest absolute Gasteiger partial charge is 0.478 e. The van der Waals surface area contributed by atoms with Gasteiger partial charge in [0.2, 0.25) is 0 Å². The predicted molar refractivity (Wildman–Crippen MR) is 65.4 cm³/mol. The van der Waals surface area contributed by atoms with Gasteiger partial charge in [-0.25, -0.2) is 13.6 Å². The summed E-state index contributed by atoms with van der Waals surface area (Å²) in [5.41, 5.74) is -1.02. The molecule has 0 aliphatic rings. The molecule has 0 radical (unpaired) electrons. The standard InChI is InChI=1S/C11H12F2N2O5/c12-10(13)6-14(3-4-16)9-2-1-7(15(19)20)5-8(9)11(17)18/h1-2,5,10,16H,3-4,6H2,(H,17,18). The molecule has 0 amide bonds. The van der Waals surface area contributed by atoms with E-state index in [1.54, 1.807) is 0 Å². The van der Waals surface area contributed by atoms with E-state index in [1.165, 1.54) is 0 Å². The number of nitro groups is 1. The molecule has 0 fully saturated rings.